The van der Waals surface area contributed by atoms with E-state index in [0.717, 1.165) is 5.56 Å². The van der Waals surface area contributed by atoms with Crippen LogP contribution in [-0.4, -0.2) is 25.1 Å². The van der Waals surface area contributed by atoms with Gasteiger partial charge in [-0.25, -0.2) is 4.79 Å². The number of carbonyl (C=O) groups is 2. The molecular formula is C17H14Cl3NO4. The highest BCUT2D eigenvalue weighted by Gasteiger charge is 2.12. The summed E-state index contributed by atoms with van der Waals surface area (Å²) >= 11 is 17.6. The maximum Gasteiger partial charge on any atom is 0.344 e. The number of hydrogen-bond donors (Lipinski definition) is 1. The molecule has 0 aliphatic heterocycles. The van der Waals surface area contributed by atoms with Crippen LogP contribution in [0.1, 0.15) is 5.56 Å². The van der Waals surface area contributed by atoms with E-state index in [1.807, 2.05) is 19.1 Å². The topological polar surface area (TPSA) is 64.6 Å². The molecule has 2 rings (SSSR count). The lowest BCUT2D eigenvalue weighted by Crippen LogP contribution is -2.23. The molecule has 2 aromatic carbocycles. The molecule has 0 radical (unpaired) electrons. The summed E-state index contributed by atoms with van der Waals surface area (Å²) in [5, 5.41) is 3.21. The minimum Gasteiger partial charge on any atom is -0.482 e. The van der Waals surface area contributed by atoms with Gasteiger partial charge in [0.15, 0.2) is 13.2 Å². The molecule has 0 unspecified atom stereocenters. The summed E-state index contributed by atoms with van der Waals surface area (Å²) in [7, 11) is 0. The molecule has 0 bridgehead atoms. The van der Waals surface area contributed by atoms with Crippen molar-refractivity contribution in [1.82, 2.24) is 0 Å². The molecule has 0 saturated carbocycles. The Morgan fingerprint density at radius 1 is 1.00 bits per heavy atom. The van der Waals surface area contributed by atoms with Crippen molar-refractivity contribution >= 4 is 52.4 Å². The predicted octanol–water partition coefficient (Wildman–Crippen LogP) is 4.52. The first-order chi connectivity index (χ1) is 11.8. The third kappa shape index (κ3) is 6.12. The van der Waals surface area contributed by atoms with Gasteiger partial charge in [0.1, 0.15) is 5.75 Å². The van der Waals surface area contributed by atoms with Gasteiger partial charge in [0, 0.05) is 0 Å². The van der Waals surface area contributed by atoms with Gasteiger partial charge in [-0.15, -0.1) is 0 Å². The maximum atomic E-state index is 11.8. The summed E-state index contributed by atoms with van der Waals surface area (Å²) in [6.45, 7) is 1.13. The van der Waals surface area contributed by atoms with Gasteiger partial charge in [-0.05, 0) is 36.8 Å². The van der Waals surface area contributed by atoms with E-state index in [4.69, 9.17) is 44.3 Å². The number of aryl methyl sites for hydroxylation is 1. The Labute approximate surface area is 159 Å². The quantitative estimate of drug-likeness (QED) is 0.570. The Morgan fingerprint density at radius 2 is 1.72 bits per heavy atom. The van der Waals surface area contributed by atoms with E-state index in [9.17, 15) is 9.59 Å². The van der Waals surface area contributed by atoms with Crippen LogP contribution in [0.5, 0.6) is 5.75 Å². The number of amides is 1. The third-order valence-electron chi connectivity index (χ3n) is 2.99. The van der Waals surface area contributed by atoms with Crippen molar-refractivity contribution in [2.75, 3.05) is 18.5 Å². The minimum absolute atomic E-state index is 0.219. The van der Waals surface area contributed by atoms with Crippen LogP contribution in [-0.2, 0) is 14.3 Å². The Balaban J connectivity index is 1.79. The second-order valence-corrected chi connectivity index (χ2v) is 6.28. The van der Waals surface area contributed by atoms with E-state index >= 15 is 0 Å². The van der Waals surface area contributed by atoms with E-state index < -0.39 is 18.5 Å². The van der Waals surface area contributed by atoms with Crippen LogP contribution in [0.2, 0.25) is 15.1 Å². The maximum absolute atomic E-state index is 11.8. The zero-order chi connectivity index (χ0) is 18.4. The zero-order valence-electron chi connectivity index (χ0n) is 13.1. The summed E-state index contributed by atoms with van der Waals surface area (Å²) < 4.78 is 10.1. The summed E-state index contributed by atoms with van der Waals surface area (Å²) in [6.07, 6.45) is 0. The molecule has 1 N–H and O–H groups in total. The van der Waals surface area contributed by atoms with Crippen molar-refractivity contribution in [2.45, 2.75) is 6.92 Å². The molecule has 0 aliphatic carbocycles. The molecule has 0 atom stereocenters. The first-order valence-electron chi connectivity index (χ1n) is 7.14. The average molecular weight is 403 g/mol. The van der Waals surface area contributed by atoms with E-state index in [0.29, 0.717) is 5.75 Å². The van der Waals surface area contributed by atoms with Crippen molar-refractivity contribution in [3.8, 4) is 5.75 Å². The number of benzene rings is 2. The van der Waals surface area contributed by atoms with Gasteiger partial charge in [0.2, 0.25) is 0 Å². The number of carbonyl (C=O) groups excluding carboxylic acids is 2. The Kier molecular flexibility index (Phi) is 6.93. The lowest BCUT2D eigenvalue weighted by molar-refractivity contribution is -0.149. The van der Waals surface area contributed by atoms with E-state index in [1.54, 1.807) is 12.1 Å². The number of hydrogen-bond acceptors (Lipinski definition) is 4. The summed E-state index contributed by atoms with van der Waals surface area (Å²) in [5.41, 5.74) is 1.27. The van der Waals surface area contributed by atoms with E-state index in [1.165, 1.54) is 12.1 Å². The monoisotopic (exact) mass is 401 g/mol. The molecule has 0 aromatic heterocycles. The third-order valence-corrected chi connectivity index (χ3v) is 4.03. The number of nitrogens with one attached hydrogen (secondary N) is 1. The van der Waals surface area contributed by atoms with Crippen molar-refractivity contribution in [2.24, 2.45) is 0 Å². The lowest BCUT2D eigenvalue weighted by atomic mass is 10.2. The second kappa shape index (κ2) is 8.94. The molecule has 5 nitrogen and oxygen atoms in total. The Bertz CT molecular complexity index is 795. The first kappa shape index (κ1) is 19.4. The molecule has 0 aliphatic rings. The largest absolute Gasteiger partial charge is 0.482 e. The standard InChI is InChI=1S/C17H14Cl3NO4/c1-10-3-2-4-11(5-10)24-9-17(23)25-8-16(22)21-15-7-13(19)12(18)6-14(15)20/h2-7H,8-9H2,1H3,(H,21,22). The smallest absolute Gasteiger partial charge is 0.344 e. The SMILES string of the molecule is Cc1cccc(OCC(=O)OCC(=O)Nc2cc(Cl)c(Cl)cc2Cl)c1. The van der Waals surface area contributed by atoms with E-state index in [2.05, 4.69) is 5.32 Å². The van der Waals surface area contributed by atoms with Crippen LogP contribution < -0.4 is 10.1 Å². The number of halogens is 3. The van der Waals surface area contributed by atoms with Crippen LogP contribution in [0.3, 0.4) is 0 Å². The Morgan fingerprint density at radius 3 is 2.44 bits per heavy atom. The average Bonchev–Trinajstić information content (AvgIpc) is 2.56. The normalized spacial score (nSPS) is 10.2. The van der Waals surface area contributed by atoms with Crippen molar-refractivity contribution < 1.29 is 19.1 Å². The number of rotatable bonds is 6. The van der Waals surface area contributed by atoms with Gasteiger partial charge >= 0.3 is 5.97 Å². The highest BCUT2D eigenvalue weighted by Crippen LogP contribution is 2.32. The molecule has 0 heterocycles. The molecule has 25 heavy (non-hydrogen) atoms. The van der Waals surface area contributed by atoms with Crippen LogP contribution in [0.15, 0.2) is 36.4 Å². The van der Waals surface area contributed by atoms with Crippen LogP contribution in [0.4, 0.5) is 5.69 Å². The molecular weight excluding hydrogens is 389 g/mol. The molecule has 0 fully saturated rings. The fraction of sp³-hybridized carbons (Fsp3) is 0.176. The lowest BCUT2D eigenvalue weighted by Gasteiger charge is -2.10. The number of ether oxygens (including phenoxy) is 2. The molecule has 132 valence electrons. The van der Waals surface area contributed by atoms with Gasteiger partial charge in [0.05, 0.1) is 20.8 Å². The van der Waals surface area contributed by atoms with Gasteiger partial charge < -0.3 is 14.8 Å². The first-order valence-corrected chi connectivity index (χ1v) is 8.28. The van der Waals surface area contributed by atoms with Gasteiger partial charge in [-0.3, -0.25) is 4.79 Å². The number of esters is 1. The number of anilines is 1. The summed E-state index contributed by atoms with van der Waals surface area (Å²) in [4.78, 5) is 23.5. The molecule has 1 amide bonds. The molecule has 0 saturated heterocycles. The van der Waals surface area contributed by atoms with Crippen molar-refractivity contribution in [1.29, 1.82) is 0 Å². The molecule has 0 spiro atoms. The zero-order valence-corrected chi connectivity index (χ0v) is 15.4. The Hall–Kier alpha value is -1.95. The minimum atomic E-state index is -0.670. The predicted molar refractivity (Wildman–Crippen MR) is 97.7 cm³/mol. The molecule has 8 heteroatoms. The molecule has 2 aromatic rings. The fourth-order valence-electron chi connectivity index (χ4n) is 1.84. The van der Waals surface area contributed by atoms with Crippen molar-refractivity contribution in [3.63, 3.8) is 0 Å². The van der Waals surface area contributed by atoms with Crippen LogP contribution in [0.25, 0.3) is 0 Å². The van der Waals surface area contributed by atoms with E-state index in [-0.39, 0.29) is 27.4 Å². The van der Waals surface area contributed by atoms with Crippen molar-refractivity contribution in [3.05, 3.63) is 57.0 Å². The van der Waals surface area contributed by atoms with Gasteiger partial charge in [0.25, 0.3) is 5.91 Å². The second-order valence-electron chi connectivity index (χ2n) is 5.06. The van der Waals surface area contributed by atoms with Crippen LogP contribution in [0, 0.1) is 6.92 Å². The fourth-order valence-corrected chi connectivity index (χ4v) is 2.43. The highest BCUT2D eigenvalue weighted by molar-refractivity contribution is 6.44. The van der Waals surface area contributed by atoms with Crippen LogP contribution >= 0.6 is 34.8 Å². The van der Waals surface area contributed by atoms with Gasteiger partial charge in [-0.1, -0.05) is 46.9 Å². The summed E-state index contributed by atoms with van der Waals surface area (Å²) in [6, 6.07) is 10.0. The van der Waals surface area contributed by atoms with Gasteiger partial charge in [-0.2, -0.15) is 0 Å². The summed E-state index contributed by atoms with van der Waals surface area (Å²) in [5.74, 6) is -0.690. The highest BCUT2D eigenvalue weighted by atomic mass is 35.5.